The zero-order valence-corrected chi connectivity index (χ0v) is 19.9. The molecule has 162 valence electrons. The lowest BCUT2D eigenvalue weighted by Gasteiger charge is -2.35. The van der Waals surface area contributed by atoms with E-state index < -0.39 is 0 Å². The lowest BCUT2D eigenvalue weighted by molar-refractivity contribution is -0.122. The molecule has 3 rings (SSSR count). The number of likely N-dealkylation sites (tertiary alicyclic amines) is 1. The second-order valence-electron chi connectivity index (χ2n) is 7.82. The first kappa shape index (κ1) is 23.9. The van der Waals surface area contributed by atoms with Gasteiger partial charge in [-0.25, -0.2) is 0 Å². The van der Waals surface area contributed by atoms with Crippen molar-refractivity contribution in [3.63, 3.8) is 0 Å². The average molecular weight is 513 g/mol. The fourth-order valence-corrected chi connectivity index (χ4v) is 3.69. The van der Waals surface area contributed by atoms with Crippen LogP contribution in [-0.2, 0) is 11.3 Å². The van der Waals surface area contributed by atoms with Crippen LogP contribution in [0.5, 0.6) is 0 Å². The van der Waals surface area contributed by atoms with E-state index >= 15 is 0 Å². The van der Waals surface area contributed by atoms with E-state index in [2.05, 4.69) is 58.1 Å². The van der Waals surface area contributed by atoms with Gasteiger partial charge in [0, 0.05) is 38.1 Å². The molecule has 0 radical (unpaired) electrons. The van der Waals surface area contributed by atoms with Crippen molar-refractivity contribution >= 4 is 35.8 Å². The maximum atomic E-state index is 11.7. The van der Waals surface area contributed by atoms with Crippen LogP contribution in [0.2, 0.25) is 0 Å². The van der Waals surface area contributed by atoms with Crippen molar-refractivity contribution in [3.8, 4) is 0 Å². The highest BCUT2D eigenvalue weighted by Gasteiger charge is 2.29. The number of nitrogens with zero attached hydrogens (tertiary/aromatic N) is 2. The zero-order valence-electron chi connectivity index (χ0n) is 17.5. The predicted molar refractivity (Wildman–Crippen MR) is 130 cm³/mol. The Hall–Kier alpha value is -1.35. The fraction of sp³-hybridized carbons (Fsp3) is 0.636. The minimum absolute atomic E-state index is 0. The summed E-state index contributed by atoms with van der Waals surface area (Å²) in [5.74, 6) is 1.31. The molecule has 0 spiro atoms. The van der Waals surface area contributed by atoms with Crippen molar-refractivity contribution in [2.75, 3.05) is 32.7 Å². The number of aliphatic imine (C=N–C) groups is 1. The van der Waals surface area contributed by atoms with Crippen LogP contribution in [-0.4, -0.2) is 55.5 Å². The van der Waals surface area contributed by atoms with Gasteiger partial charge in [-0.15, -0.1) is 24.0 Å². The molecule has 1 atom stereocenters. The van der Waals surface area contributed by atoms with Crippen LogP contribution in [0.4, 0.5) is 0 Å². The third-order valence-electron chi connectivity index (χ3n) is 5.45. The van der Waals surface area contributed by atoms with Crippen LogP contribution in [0.3, 0.4) is 0 Å². The quantitative estimate of drug-likeness (QED) is 0.206. The summed E-state index contributed by atoms with van der Waals surface area (Å²) in [6, 6.07) is 11.2. The number of benzene rings is 1. The van der Waals surface area contributed by atoms with Crippen LogP contribution >= 0.6 is 24.0 Å². The van der Waals surface area contributed by atoms with E-state index in [0.29, 0.717) is 19.1 Å². The Morgan fingerprint density at radius 3 is 2.55 bits per heavy atom. The number of carbonyl (C=O) groups excluding carboxylic acids is 1. The second-order valence-corrected chi connectivity index (χ2v) is 7.82. The summed E-state index contributed by atoms with van der Waals surface area (Å²) in [4.78, 5) is 19.1. The van der Waals surface area contributed by atoms with Crippen molar-refractivity contribution in [3.05, 3.63) is 35.9 Å². The first-order chi connectivity index (χ1) is 13.8. The molecule has 2 fully saturated rings. The minimum atomic E-state index is 0. The molecule has 7 heteroatoms. The molecule has 1 aromatic carbocycles. The van der Waals surface area contributed by atoms with Gasteiger partial charge >= 0.3 is 0 Å². The van der Waals surface area contributed by atoms with Gasteiger partial charge in [-0.2, -0.15) is 0 Å². The summed E-state index contributed by atoms with van der Waals surface area (Å²) in [6.07, 6.45) is 5.84. The SMILES string of the molecule is CCNC(=NCC1CCCCN1Cc1ccccc1)NCCNC(=O)C1CC1.I. The topological polar surface area (TPSA) is 68.8 Å². The molecule has 1 heterocycles. The van der Waals surface area contributed by atoms with Gasteiger partial charge in [0.15, 0.2) is 5.96 Å². The number of rotatable bonds is 9. The Morgan fingerprint density at radius 1 is 1.07 bits per heavy atom. The fourth-order valence-electron chi connectivity index (χ4n) is 3.69. The molecule has 1 unspecified atom stereocenters. The van der Waals surface area contributed by atoms with Crippen molar-refractivity contribution in [2.45, 2.75) is 51.6 Å². The highest BCUT2D eigenvalue weighted by atomic mass is 127. The van der Waals surface area contributed by atoms with Crippen LogP contribution < -0.4 is 16.0 Å². The zero-order chi connectivity index (χ0) is 19.6. The summed E-state index contributed by atoms with van der Waals surface area (Å²) in [7, 11) is 0. The molecule has 1 aliphatic heterocycles. The van der Waals surface area contributed by atoms with Crippen molar-refractivity contribution in [2.24, 2.45) is 10.9 Å². The maximum absolute atomic E-state index is 11.7. The Balaban J connectivity index is 0.00000300. The Labute approximate surface area is 192 Å². The molecule has 1 aromatic rings. The predicted octanol–water partition coefficient (Wildman–Crippen LogP) is 2.74. The van der Waals surface area contributed by atoms with E-state index in [1.54, 1.807) is 0 Å². The molecular formula is C22H36IN5O. The van der Waals surface area contributed by atoms with Gasteiger partial charge in [0.05, 0.1) is 6.54 Å². The summed E-state index contributed by atoms with van der Waals surface area (Å²) >= 11 is 0. The summed E-state index contributed by atoms with van der Waals surface area (Å²) in [6.45, 7) is 7.19. The Bertz CT molecular complexity index is 635. The first-order valence-electron chi connectivity index (χ1n) is 10.8. The highest BCUT2D eigenvalue weighted by Crippen LogP contribution is 2.28. The van der Waals surface area contributed by atoms with Crippen LogP contribution in [0.1, 0.15) is 44.6 Å². The standard InChI is InChI=1S/C22H35N5O.HI/c1-2-23-22(25-14-13-24-21(28)19-11-12-19)26-16-20-10-6-7-15-27(20)17-18-8-4-3-5-9-18;/h3-5,8-9,19-20H,2,6-7,10-17H2,1H3,(H,24,28)(H2,23,25,26);1H. The molecule has 6 nitrogen and oxygen atoms in total. The van der Waals surface area contributed by atoms with Gasteiger partial charge in [-0.1, -0.05) is 36.8 Å². The third kappa shape index (κ3) is 8.50. The number of halogens is 1. The third-order valence-corrected chi connectivity index (χ3v) is 5.45. The summed E-state index contributed by atoms with van der Waals surface area (Å²) in [5.41, 5.74) is 1.37. The largest absolute Gasteiger partial charge is 0.357 e. The molecule has 3 N–H and O–H groups in total. The average Bonchev–Trinajstić information content (AvgIpc) is 3.56. The van der Waals surface area contributed by atoms with E-state index in [1.807, 2.05) is 0 Å². The van der Waals surface area contributed by atoms with E-state index in [0.717, 1.165) is 45.0 Å². The molecule has 29 heavy (non-hydrogen) atoms. The minimum Gasteiger partial charge on any atom is -0.357 e. The number of nitrogens with one attached hydrogen (secondary N) is 3. The van der Waals surface area contributed by atoms with Crippen molar-refractivity contribution in [1.29, 1.82) is 0 Å². The molecule has 0 aromatic heterocycles. The number of amides is 1. The summed E-state index contributed by atoms with van der Waals surface area (Å²) < 4.78 is 0. The van der Waals surface area contributed by atoms with E-state index in [1.165, 1.54) is 24.8 Å². The van der Waals surface area contributed by atoms with Gasteiger partial charge in [0.2, 0.25) is 5.91 Å². The van der Waals surface area contributed by atoms with Crippen molar-refractivity contribution < 1.29 is 4.79 Å². The summed E-state index contributed by atoms with van der Waals surface area (Å²) in [5, 5.41) is 9.65. The van der Waals surface area contributed by atoms with E-state index in [4.69, 9.17) is 4.99 Å². The van der Waals surface area contributed by atoms with Crippen LogP contribution in [0.15, 0.2) is 35.3 Å². The number of guanidine groups is 1. The van der Waals surface area contributed by atoms with Gasteiger partial charge in [0.1, 0.15) is 0 Å². The molecule has 2 aliphatic rings. The molecule has 0 bridgehead atoms. The number of piperidine rings is 1. The van der Waals surface area contributed by atoms with Crippen molar-refractivity contribution in [1.82, 2.24) is 20.9 Å². The Kier molecular flexibility index (Phi) is 10.8. The molecule has 1 amide bonds. The van der Waals surface area contributed by atoms with Crippen LogP contribution in [0, 0.1) is 5.92 Å². The van der Waals surface area contributed by atoms with E-state index in [9.17, 15) is 4.79 Å². The molecule has 1 saturated carbocycles. The monoisotopic (exact) mass is 513 g/mol. The van der Waals surface area contributed by atoms with Gasteiger partial charge < -0.3 is 16.0 Å². The lowest BCUT2D eigenvalue weighted by Crippen LogP contribution is -2.44. The van der Waals surface area contributed by atoms with E-state index in [-0.39, 0.29) is 35.8 Å². The number of carbonyl (C=O) groups is 1. The number of hydrogen-bond acceptors (Lipinski definition) is 3. The smallest absolute Gasteiger partial charge is 0.223 e. The highest BCUT2D eigenvalue weighted by molar-refractivity contribution is 14.0. The van der Waals surface area contributed by atoms with Gasteiger partial charge in [-0.3, -0.25) is 14.7 Å². The normalized spacial score (nSPS) is 19.9. The second kappa shape index (κ2) is 13.1. The lowest BCUT2D eigenvalue weighted by atomic mass is 10.0. The molecule has 1 aliphatic carbocycles. The van der Waals surface area contributed by atoms with Gasteiger partial charge in [0.25, 0.3) is 0 Å². The van der Waals surface area contributed by atoms with Gasteiger partial charge in [-0.05, 0) is 44.7 Å². The maximum Gasteiger partial charge on any atom is 0.223 e. The molecular weight excluding hydrogens is 477 g/mol. The number of hydrogen-bond donors (Lipinski definition) is 3. The Morgan fingerprint density at radius 2 is 1.83 bits per heavy atom. The first-order valence-corrected chi connectivity index (χ1v) is 10.8. The molecule has 1 saturated heterocycles. The van der Waals surface area contributed by atoms with Crippen LogP contribution in [0.25, 0.3) is 0 Å².